The smallest absolute Gasteiger partial charge is 0.321 e. The van der Waals surface area contributed by atoms with Crippen molar-refractivity contribution in [2.45, 2.75) is 57.5 Å². The predicted molar refractivity (Wildman–Crippen MR) is 90.5 cm³/mol. The Morgan fingerprint density at radius 2 is 1.91 bits per heavy atom. The van der Waals surface area contributed by atoms with Gasteiger partial charge in [-0.05, 0) is 44.2 Å². The maximum Gasteiger partial charge on any atom is 0.321 e. The van der Waals surface area contributed by atoms with Crippen LogP contribution >= 0.6 is 0 Å². The second-order valence-electron chi connectivity index (χ2n) is 6.65. The van der Waals surface area contributed by atoms with E-state index in [1.165, 1.54) is 5.56 Å². The van der Waals surface area contributed by atoms with Crippen LogP contribution in [-0.2, 0) is 11.2 Å². The van der Waals surface area contributed by atoms with Gasteiger partial charge in [0.2, 0.25) is 5.91 Å². The van der Waals surface area contributed by atoms with Gasteiger partial charge in [-0.2, -0.15) is 0 Å². The molecule has 0 bridgehead atoms. The van der Waals surface area contributed by atoms with Gasteiger partial charge in [0, 0.05) is 17.8 Å². The highest BCUT2D eigenvalue weighted by Gasteiger charge is 2.25. The summed E-state index contributed by atoms with van der Waals surface area (Å²) in [6.07, 6.45) is 6.40. The van der Waals surface area contributed by atoms with Gasteiger partial charge in [0.15, 0.2) is 0 Å². The molecule has 3 amide bonds. The van der Waals surface area contributed by atoms with Gasteiger partial charge < -0.3 is 10.2 Å². The molecular weight excluding hydrogens is 290 g/mol. The van der Waals surface area contributed by atoms with Crippen molar-refractivity contribution in [2.75, 3.05) is 11.4 Å². The van der Waals surface area contributed by atoms with E-state index < -0.39 is 0 Å². The Morgan fingerprint density at radius 3 is 2.70 bits per heavy atom. The van der Waals surface area contributed by atoms with Gasteiger partial charge in [0.1, 0.15) is 0 Å². The fourth-order valence-electron chi connectivity index (χ4n) is 3.61. The molecule has 1 aliphatic heterocycles. The van der Waals surface area contributed by atoms with E-state index in [1.807, 2.05) is 12.1 Å². The summed E-state index contributed by atoms with van der Waals surface area (Å²) in [5.74, 6) is -0.246. The summed E-state index contributed by atoms with van der Waals surface area (Å²) in [5, 5.41) is 5.36. The van der Waals surface area contributed by atoms with Gasteiger partial charge in [0.25, 0.3) is 0 Å². The maximum atomic E-state index is 12.2. The molecule has 1 unspecified atom stereocenters. The molecule has 1 saturated carbocycles. The summed E-state index contributed by atoms with van der Waals surface area (Å²) in [6, 6.07) is 8.35. The van der Waals surface area contributed by atoms with Crippen LogP contribution in [0.1, 0.15) is 44.6 Å². The molecule has 124 valence electrons. The zero-order chi connectivity index (χ0) is 16.2. The molecule has 2 N–H and O–H groups in total. The normalized spacial score (nSPS) is 20.9. The van der Waals surface area contributed by atoms with Crippen LogP contribution in [0.5, 0.6) is 0 Å². The summed E-state index contributed by atoms with van der Waals surface area (Å²) in [5.41, 5.74) is 2.38. The van der Waals surface area contributed by atoms with Gasteiger partial charge in [0.05, 0.1) is 6.54 Å². The van der Waals surface area contributed by atoms with E-state index in [0.717, 1.165) is 44.2 Å². The number of imide groups is 1. The number of fused-ring (bicyclic) bond motifs is 1. The average molecular weight is 315 g/mol. The number of urea groups is 1. The standard InChI is InChI=1S/C18H25N3O2/c1-13-10-11-14-6-2-5-9-16(14)21(13)12-17(22)20-18(23)19-15-7-3-4-8-15/h2,5-6,9,13,15H,3-4,7-8,10-12H2,1H3,(H2,19,20,22,23). The fraction of sp³-hybridized carbons (Fsp3) is 0.556. The zero-order valence-corrected chi connectivity index (χ0v) is 13.7. The summed E-state index contributed by atoms with van der Waals surface area (Å²) in [6.45, 7) is 2.35. The molecule has 0 radical (unpaired) electrons. The van der Waals surface area contributed by atoms with Crippen LogP contribution in [0, 0.1) is 0 Å². The number of amides is 3. The van der Waals surface area contributed by atoms with Crippen LogP contribution in [0.15, 0.2) is 24.3 Å². The van der Waals surface area contributed by atoms with E-state index in [2.05, 4.69) is 34.6 Å². The molecular formula is C18H25N3O2. The highest BCUT2D eigenvalue weighted by atomic mass is 16.2. The SMILES string of the molecule is CC1CCc2ccccc2N1CC(=O)NC(=O)NC1CCCC1. The van der Waals surface area contributed by atoms with Crippen molar-refractivity contribution in [3.05, 3.63) is 29.8 Å². The van der Waals surface area contributed by atoms with Gasteiger partial charge >= 0.3 is 6.03 Å². The van der Waals surface area contributed by atoms with Crippen molar-refractivity contribution in [1.82, 2.24) is 10.6 Å². The van der Waals surface area contributed by atoms with E-state index in [-0.39, 0.29) is 24.5 Å². The minimum Gasteiger partial charge on any atom is -0.359 e. The molecule has 1 aliphatic carbocycles. The molecule has 1 aromatic rings. The molecule has 1 atom stereocenters. The van der Waals surface area contributed by atoms with Gasteiger partial charge in [-0.15, -0.1) is 0 Å². The number of nitrogens with one attached hydrogen (secondary N) is 2. The first-order chi connectivity index (χ1) is 11.1. The Balaban J connectivity index is 1.57. The number of benzene rings is 1. The lowest BCUT2D eigenvalue weighted by Crippen LogP contribution is -2.49. The summed E-state index contributed by atoms with van der Waals surface area (Å²) >= 11 is 0. The lowest BCUT2D eigenvalue weighted by molar-refractivity contribution is -0.118. The number of nitrogens with zero attached hydrogens (tertiary/aromatic N) is 1. The first kappa shape index (κ1) is 15.8. The minimum atomic E-state index is -0.361. The number of hydrogen-bond donors (Lipinski definition) is 2. The quantitative estimate of drug-likeness (QED) is 0.901. The Kier molecular flexibility index (Phi) is 4.84. The Hall–Kier alpha value is -2.04. The van der Waals surface area contributed by atoms with E-state index in [0.29, 0.717) is 6.04 Å². The number of aryl methyl sites for hydroxylation is 1. The van der Waals surface area contributed by atoms with Gasteiger partial charge in [-0.3, -0.25) is 10.1 Å². The summed E-state index contributed by atoms with van der Waals surface area (Å²) in [4.78, 5) is 26.2. The first-order valence-electron chi connectivity index (χ1n) is 8.58. The van der Waals surface area contributed by atoms with E-state index in [1.54, 1.807) is 0 Å². The molecule has 5 nitrogen and oxygen atoms in total. The van der Waals surface area contributed by atoms with Crippen molar-refractivity contribution in [3.8, 4) is 0 Å². The third kappa shape index (κ3) is 3.84. The van der Waals surface area contributed by atoms with Crippen LogP contribution in [0.3, 0.4) is 0 Å². The van der Waals surface area contributed by atoms with Crippen molar-refractivity contribution in [3.63, 3.8) is 0 Å². The maximum absolute atomic E-state index is 12.2. The largest absolute Gasteiger partial charge is 0.359 e. The molecule has 23 heavy (non-hydrogen) atoms. The van der Waals surface area contributed by atoms with Crippen molar-refractivity contribution >= 4 is 17.6 Å². The molecule has 1 aromatic carbocycles. The zero-order valence-electron chi connectivity index (χ0n) is 13.7. The highest BCUT2D eigenvalue weighted by molar-refractivity contribution is 5.96. The van der Waals surface area contributed by atoms with Crippen LogP contribution in [-0.4, -0.2) is 30.6 Å². The van der Waals surface area contributed by atoms with E-state index >= 15 is 0 Å². The van der Waals surface area contributed by atoms with E-state index in [4.69, 9.17) is 0 Å². The van der Waals surface area contributed by atoms with Crippen LogP contribution in [0.4, 0.5) is 10.5 Å². The average Bonchev–Trinajstić information content (AvgIpc) is 3.03. The molecule has 0 aromatic heterocycles. The summed E-state index contributed by atoms with van der Waals surface area (Å²) in [7, 11) is 0. The van der Waals surface area contributed by atoms with Crippen molar-refractivity contribution in [1.29, 1.82) is 0 Å². The number of hydrogen-bond acceptors (Lipinski definition) is 3. The third-order valence-corrected chi connectivity index (χ3v) is 4.92. The van der Waals surface area contributed by atoms with Crippen LogP contribution < -0.4 is 15.5 Å². The monoisotopic (exact) mass is 315 g/mol. The third-order valence-electron chi connectivity index (χ3n) is 4.92. The van der Waals surface area contributed by atoms with E-state index in [9.17, 15) is 9.59 Å². The second kappa shape index (κ2) is 7.02. The molecule has 0 spiro atoms. The number of anilines is 1. The Morgan fingerprint density at radius 1 is 1.17 bits per heavy atom. The number of para-hydroxylation sites is 1. The highest BCUT2D eigenvalue weighted by Crippen LogP contribution is 2.29. The summed E-state index contributed by atoms with van der Waals surface area (Å²) < 4.78 is 0. The molecule has 0 saturated heterocycles. The topological polar surface area (TPSA) is 61.4 Å². The molecule has 5 heteroatoms. The molecule has 3 rings (SSSR count). The second-order valence-corrected chi connectivity index (χ2v) is 6.65. The molecule has 2 aliphatic rings. The number of rotatable bonds is 3. The number of carbonyl (C=O) groups is 2. The Bertz CT molecular complexity index is 581. The molecule has 1 fully saturated rings. The lowest BCUT2D eigenvalue weighted by atomic mass is 9.97. The minimum absolute atomic E-state index is 0.219. The van der Waals surface area contributed by atoms with Crippen LogP contribution in [0.25, 0.3) is 0 Å². The number of carbonyl (C=O) groups excluding carboxylic acids is 2. The first-order valence-corrected chi connectivity index (χ1v) is 8.58. The van der Waals surface area contributed by atoms with Gasteiger partial charge in [-0.25, -0.2) is 4.79 Å². The predicted octanol–water partition coefficient (Wildman–Crippen LogP) is 2.60. The Labute approximate surface area is 137 Å². The van der Waals surface area contributed by atoms with Crippen molar-refractivity contribution < 1.29 is 9.59 Å². The van der Waals surface area contributed by atoms with Crippen LogP contribution in [0.2, 0.25) is 0 Å². The van der Waals surface area contributed by atoms with Gasteiger partial charge in [-0.1, -0.05) is 31.0 Å². The van der Waals surface area contributed by atoms with Crippen molar-refractivity contribution in [2.24, 2.45) is 0 Å². The fourth-order valence-corrected chi connectivity index (χ4v) is 3.61. The molecule has 1 heterocycles. The lowest BCUT2D eigenvalue weighted by Gasteiger charge is -2.36.